The molecule has 1 N–H and O–H groups in total. The second-order valence-electron chi connectivity index (χ2n) is 5.76. The minimum atomic E-state index is 0.441. The largest absolute Gasteiger partial charge is 0.381 e. The number of nitrogens with one attached hydrogen (secondary N) is 1. The highest BCUT2D eigenvalue weighted by Gasteiger charge is 2.20. The number of anilines is 1. The second-order valence-corrected chi connectivity index (χ2v) is 5.76. The van der Waals surface area contributed by atoms with Gasteiger partial charge in [0.05, 0.1) is 12.3 Å². The van der Waals surface area contributed by atoms with Crippen molar-refractivity contribution < 1.29 is 4.74 Å². The van der Waals surface area contributed by atoms with Gasteiger partial charge in [0, 0.05) is 31.7 Å². The van der Waals surface area contributed by atoms with E-state index in [2.05, 4.69) is 26.3 Å². The van der Waals surface area contributed by atoms with E-state index in [4.69, 9.17) is 4.74 Å². The molecule has 110 valence electrons. The average molecular weight is 276 g/mol. The molecule has 3 rings (SSSR count). The first kappa shape index (κ1) is 13.8. The lowest BCUT2D eigenvalue weighted by Gasteiger charge is -2.16. The van der Waals surface area contributed by atoms with Crippen LogP contribution in [0.5, 0.6) is 0 Å². The zero-order chi connectivity index (χ0) is 13.8. The summed E-state index contributed by atoms with van der Waals surface area (Å²) in [6.45, 7) is 8.16. The third-order valence-corrected chi connectivity index (χ3v) is 4.14. The SMILES string of the molecule is Cc1nc(NCCN2CCCC2)cc([C@H]2CCOC2)n1. The maximum absolute atomic E-state index is 5.45. The van der Waals surface area contributed by atoms with Gasteiger partial charge in [0.25, 0.3) is 0 Å². The van der Waals surface area contributed by atoms with Crippen LogP contribution in [0.4, 0.5) is 5.82 Å². The number of likely N-dealkylation sites (tertiary alicyclic amines) is 1. The molecule has 1 atom stereocenters. The van der Waals surface area contributed by atoms with Gasteiger partial charge in [0.15, 0.2) is 0 Å². The first-order valence-electron chi connectivity index (χ1n) is 7.71. The van der Waals surface area contributed by atoms with E-state index in [9.17, 15) is 0 Å². The summed E-state index contributed by atoms with van der Waals surface area (Å²) in [5.74, 6) is 2.24. The summed E-state index contributed by atoms with van der Waals surface area (Å²) in [6.07, 6.45) is 3.76. The van der Waals surface area contributed by atoms with Crippen LogP contribution in [0.1, 0.15) is 36.7 Å². The Balaban J connectivity index is 1.57. The number of aromatic nitrogens is 2. The summed E-state index contributed by atoms with van der Waals surface area (Å²) >= 11 is 0. The average Bonchev–Trinajstić information content (AvgIpc) is 3.11. The Morgan fingerprint density at radius 1 is 1.35 bits per heavy atom. The molecule has 0 unspecified atom stereocenters. The summed E-state index contributed by atoms with van der Waals surface area (Å²) < 4.78 is 5.45. The highest BCUT2D eigenvalue weighted by molar-refractivity contribution is 5.37. The molecule has 1 aromatic heterocycles. The van der Waals surface area contributed by atoms with E-state index in [1.807, 2.05) is 6.92 Å². The lowest BCUT2D eigenvalue weighted by Crippen LogP contribution is -2.26. The quantitative estimate of drug-likeness (QED) is 0.888. The number of nitrogens with zero attached hydrogens (tertiary/aromatic N) is 3. The van der Waals surface area contributed by atoms with E-state index < -0.39 is 0 Å². The van der Waals surface area contributed by atoms with E-state index in [0.717, 1.165) is 50.1 Å². The van der Waals surface area contributed by atoms with Crippen molar-refractivity contribution in [2.75, 3.05) is 44.7 Å². The minimum absolute atomic E-state index is 0.441. The van der Waals surface area contributed by atoms with Crippen LogP contribution in [0.2, 0.25) is 0 Å². The molecule has 2 aliphatic rings. The Hall–Kier alpha value is -1.20. The van der Waals surface area contributed by atoms with Crippen molar-refractivity contribution in [1.82, 2.24) is 14.9 Å². The van der Waals surface area contributed by atoms with Crippen LogP contribution in [0, 0.1) is 6.92 Å². The first-order valence-corrected chi connectivity index (χ1v) is 7.71. The van der Waals surface area contributed by atoms with Crippen molar-refractivity contribution in [3.8, 4) is 0 Å². The predicted molar refractivity (Wildman–Crippen MR) is 79.1 cm³/mol. The van der Waals surface area contributed by atoms with Crippen LogP contribution in [-0.2, 0) is 4.74 Å². The van der Waals surface area contributed by atoms with E-state index in [-0.39, 0.29) is 0 Å². The zero-order valence-corrected chi connectivity index (χ0v) is 12.3. The fourth-order valence-electron chi connectivity index (χ4n) is 3.01. The van der Waals surface area contributed by atoms with E-state index in [1.165, 1.54) is 25.9 Å². The molecule has 0 aromatic carbocycles. The van der Waals surface area contributed by atoms with Crippen molar-refractivity contribution in [3.05, 3.63) is 17.6 Å². The molecule has 2 saturated heterocycles. The fourth-order valence-corrected chi connectivity index (χ4v) is 3.01. The van der Waals surface area contributed by atoms with Crippen LogP contribution in [-0.4, -0.2) is 54.3 Å². The van der Waals surface area contributed by atoms with Crippen LogP contribution < -0.4 is 5.32 Å². The van der Waals surface area contributed by atoms with Crippen molar-refractivity contribution in [2.24, 2.45) is 0 Å². The van der Waals surface area contributed by atoms with Crippen LogP contribution in [0.3, 0.4) is 0 Å². The molecular formula is C15H24N4O. The number of ether oxygens (including phenoxy) is 1. The van der Waals surface area contributed by atoms with Gasteiger partial charge in [-0.1, -0.05) is 0 Å². The highest BCUT2D eigenvalue weighted by Crippen LogP contribution is 2.24. The lowest BCUT2D eigenvalue weighted by atomic mass is 10.0. The van der Waals surface area contributed by atoms with Gasteiger partial charge in [-0.25, -0.2) is 9.97 Å². The molecule has 5 nitrogen and oxygen atoms in total. The smallest absolute Gasteiger partial charge is 0.129 e. The molecule has 1 aromatic rings. The number of aryl methyl sites for hydroxylation is 1. The van der Waals surface area contributed by atoms with Gasteiger partial charge in [-0.05, 0) is 39.3 Å². The number of hydrogen-bond donors (Lipinski definition) is 1. The standard InChI is InChI=1S/C15H24N4O/c1-12-17-14(13-4-9-20-11-13)10-15(18-12)16-5-8-19-6-2-3-7-19/h10,13H,2-9,11H2,1H3,(H,16,17,18)/t13-/m0/s1. The molecular weight excluding hydrogens is 252 g/mol. The lowest BCUT2D eigenvalue weighted by molar-refractivity contribution is 0.193. The number of rotatable bonds is 5. The first-order chi connectivity index (χ1) is 9.81. The summed E-state index contributed by atoms with van der Waals surface area (Å²) in [6, 6.07) is 2.09. The van der Waals surface area contributed by atoms with E-state index in [1.54, 1.807) is 0 Å². The summed E-state index contributed by atoms with van der Waals surface area (Å²) in [5.41, 5.74) is 1.12. The van der Waals surface area contributed by atoms with Gasteiger partial charge < -0.3 is 15.0 Å². The maximum atomic E-state index is 5.45. The Bertz CT molecular complexity index is 439. The maximum Gasteiger partial charge on any atom is 0.129 e. The van der Waals surface area contributed by atoms with Gasteiger partial charge >= 0.3 is 0 Å². The van der Waals surface area contributed by atoms with Crippen molar-refractivity contribution in [1.29, 1.82) is 0 Å². The van der Waals surface area contributed by atoms with Crippen molar-refractivity contribution in [2.45, 2.75) is 32.1 Å². The summed E-state index contributed by atoms with van der Waals surface area (Å²) in [4.78, 5) is 11.6. The van der Waals surface area contributed by atoms with Crippen LogP contribution in [0.15, 0.2) is 6.07 Å². The third-order valence-electron chi connectivity index (χ3n) is 4.14. The molecule has 0 spiro atoms. The number of hydrogen-bond acceptors (Lipinski definition) is 5. The Morgan fingerprint density at radius 2 is 2.20 bits per heavy atom. The van der Waals surface area contributed by atoms with Crippen molar-refractivity contribution >= 4 is 5.82 Å². The summed E-state index contributed by atoms with van der Waals surface area (Å²) in [7, 11) is 0. The van der Waals surface area contributed by atoms with E-state index in [0.29, 0.717) is 5.92 Å². The molecule has 20 heavy (non-hydrogen) atoms. The van der Waals surface area contributed by atoms with Gasteiger partial charge in [0.1, 0.15) is 11.6 Å². The van der Waals surface area contributed by atoms with E-state index >= 15 is 0 Å². The molecule has 0 saturated carbocycles. The molecule has 0 radical (unpaired) electrons. The van der Waals surface area contributed by atoms with Gasteiger partial charge in [0.2, 0.25) is 0 Å². The van der Waals surface area contributed by atoms with Gasteiger partial charge in [-0.3, -0.25) is 0 Å². The molecule has 0 amide bonds. The minimum Gasteiger partial charge on any atom is -0.381 e. The Labute approximate surface area is 120 Å². The third kappa shape index (κ3) is 3.46. The Morgan fingerprint density at radius 3 is 2.95 bits per heavy atom. The van der Waals surface area contributed by atoms with Crippen LogP contribution in [0.25, 0.3) is 0 Å². The monoisotopic (exact) mass is 276 g/mol. The van der Waals surface area contributed by atoms with Crippen LogP contribution >= 0.6 is 0 Å². The highest BCUT2D eigenvalue weighted by atomic mass is 16.5. The summed E-state index contributed by atoms with van der Waals surface area (Å²) in [5, 5.41) is 3.44. The van der Waals surface area contributed by atoms with Crippen molar-refractivity contribution in [3.63, 3.8) is 0 Å². The molecule has 0 bridgehead atoms. The topological polar surface area (TPSA) is 50.3 Å². The van der Waals surface area contributed by atoms with Gasteiger partial charge in [-0.15, -0.1) is 0 Å². The molecule has 0 aliphatic carbocycles. The van der Waals surface area contributed by atoms with Gasteiger partial charge in [-0.2, -0.15) is 0 Å². The normalized spacial score (nSPS) is 23.4. The molecule has 2 fully saturated rings. The zero-order valence-electron chi connectivity index (χ0n) is 12.3. The predicted octanol–water partition coefficient (Wildman–Crippen LogP) is 1.80. The second kappa shape index (κ2) is 6.50. The Kier molecular flexibility index (Phi) is 4.47. The molecule has 5 heteroatoms. The fraction of sp³-hybridized carbons (Fsp3) is 0.733. The molecule has 2 aliphatic heterocycles. The molecule has 3 heterocycles.